The molecule has 24 nitrogen and oxygen atoms in total. The van der Waals surface area contributed by atoms with Gasteiger partial charge in [0.15, 0.2) is 11.7 Å². The number of methoxy groups -OCH3 is 1. The number of rotatable bonds is 25. The Morgan fingerprint density at radius 3 is 2.35 bits per heavy atom. The first-order valence-corrected chi connectivity index (χ1v) is 25.2. The summed E-state index contributed by atoms with van der Waals surface area (Å²) in [5.41, 5.74) is 21.4. The predicted molar refractivity (Wildman–Crippen MR) is 276 cm³/mol. The van der Waals surface area contributed by atoms with Crippen LogP contribution in [0.1, 0.15) is 81.7 Å². The van der Waals surface area contributed by atoms with Crippen LogP contribution in [-0.4, -0.2) is 135 Å². The van der Waals surface area contributed by atoms with Gasteiger partial charge in [0.1, 0.15) is 34.4 Å². The second-order valence-electron chi connectivity index (χ2n) is 17.5. The fourth-order valence-corrected chi connectivity index (χ4v) is 9.88. The number of anilines is 1. The van der Waals surface area contributed by atoms with Crippen LogP contribution in [0.25, 0.3) is 44.5 Å². The number of ether oxygens (including phenoxy) is 3. The van der Waals surface area contributed by atoms with Crippen LogP contribution in [0.15, 0.2) is 53.1 Å². The maximum atomic E-state index is 13.7. The van der Waals surface area contributed by atoms with E-state index in [1.54, 1.807) is 29.8 Å². The Bertz CT molecular complexity index is 3390. The summed E-state index contributed by atoms with van der Waals surface area (Å²) < 4.78 is 29.2. The zero-order chi connectivity index (χ0) is 53.7. The van der Waals surface area contributed by atoms with E-state index in [0.29, 0.717) is 93.4 Å². The lowest BCUT2D eigenvalue weighted by atomic mass is 10.1. The van der Waals surface area contributed by atoms with Gasteiger partial charge >= 0.3 is 5.97 Å². The molecule has 8 rings (SSSR count). The van der Waals surface area contributed by atoms with E-state index in [1.165, 1.54) is 24.1 Å². The number of aryl methyl sites for hydroxylation is 4. The lowest BCUT2D eigenvalue weighted by Crippen LogP contribution is -2.35. The first-order chi connectivity index (χ1) is 36.0. The Hall–Kier alpha value is -8.16. The Kier molecular flexibility index (Phi) is 16.3. The van der Waals surface area contributed by atoms with Crippen molar-refractivity contribution in [1.29, 1.82) is 0 Å². The van der Waals surface area contributed by atoms with Gasteiger partial charge in [0.2, 0.25) is 35.3 Å². The molecule has 0 saturated carbocycles. The molecule has 7 aromatic rings. The number of aliphatic carboxylic acids is 1. The molecule has 75 heavy (non-hydrogen) atoms. The molecule has 0 spiro atoms. The average molecular weight is 1050 g/mol. The van der Waals surface area contributed by atoms with E-state index in [9.17, 15) is 28.8 Å². The molecule has 1 aliphatic heterocycles. The molecule has 0 radical (unpaired) electrons. The number of carbonyl (C=O) groups is 6. The number of hydrogen-bond donors (Lipinski definition) is 5. The predicted octanol–water partition coefficient (Wildman–Crippen LogP) is 4.15. The van der Waals surface area contributed by atoms with Crippen LogP contribution in [0.2, 0.25) is 0 Å². The molecule has 0 bridgehead atoms. The van der Waals surface area contributed by atoms with Gasteiger partial charge in [-0.05, 0) is 57.0 Å². The Labute approximate surface area is 432 Å². The van der Waals surface area contributed by atoms with Crippen molar-refractivity contribution in [3.8, 4) is 23.0 Å². The molecule has 5 aromatic heterocycles. The summed E-state index contributed by atoms with van der Waals surface area (Å²) in [6.45, 7) is 9.15. The van der Waals surface area contributed by atoms with Gasteiger partial charge in [0.05, 0.1) is 41.4 Å². The minimum Gasteiger partial charge on any atom is -0.494 e. The number of imidazole rings is 1. The van der Waals surface area contributed by atoms with Gasteiger partial charge in [-0.3, -0.25) is 43.7 Å². The first-order valence-electron chi connectivity index (χ1n) is 24.1. The molecule has 0 aliphatic carbocycles. The van der Waals surface area contributed by atoms with Crippen molar-refractivity contribution in [2.24, 2.45) is 17.2 Å². The van der Waals surface area contributed by atoms with Gasteiger partial charge in [-0.1, -0.05) is 19.1 Å². The SMILES string of the molecule is CCc1nc(C)oc1C(=O)Nc1nc2cc(C(N)=O)cc(OC)c2n1C/C=C/Cn1c2nc(-c3cc(C)nn3CC)ncc2c2cc(C(N)=O)cc(OCCCOCCCN3C(=O)CC(SC[C@H](N)C(=O)O)C3=O)c21. The zero-order valence-electron chi connectivity index (χ0n) is 42.0. The second-order valence-corrected chi connectivity index (χ2v) is 18.8. The average Bonchev–Trinajstić information content (AvgIpc) is 4.21. The number of carboxylic acids is 1. The molecule has 8 N–H and O–H groups in total. The third-order valence-corrected chi connectivity index (χ3v) is 13.7. The number of primary amides is 2. The molecular weight excluding hydrogens is 991 g/mol. The fourth-order valence-electron chi connectivity index (χ4n) is 8.77. The molecular formula is C50H57N13O11S. The largest absolute Gasteiger partial charge is 0.494 e. The van der Waals surface area contributed by atoms with E-state index in [0.717, 1.165) is 17.5 Å². The van der Waals surface area contributed by atoms with E-state index in [2.05, 4.69) is 15.4 Å². The number of hydrogen-bond acceptors (Lipinski definition) is 17. The number of fused-ring (bicyclic) bond motifs is 4. The smallest absolute Gasteiger partial charge is 0.321 e. The lowest BCUT2D eigenvalue weighted by molar-refractivity contribution is -0.139. The standard InChI is InChI=1S/C50H57N13O11S/c1-6-33-42(74-27(4)55-33)47(67)58-50-56-34-20-29(44(53)66)21-36(71-5)41(34)62(50)13-9-8-12-61-40-30(31-24-54-45(57-46(31)61)35-18-26(3)59-63(35)7-2)19-28(43(52)65)22-37(40)73-17-11-16-72-15-10-14-60-39(64)23-38(48(60)68)75-25-32(51)49(69)70/h8-9,18-22,24,32,38H,6-7,10-17,23,25,51H2,1-5H3,(H2,52,65)(H2,53,66)(H,69,70)(H,56,58,67)/b9-8+/t32-,38?/m0/s1. The Morgan fingerprint density at radius 1 is 0.920 bits per heavy atom. The quantitative estimate of drug-likeness (QED) is 0.0305. The number of nitrogens with one attached hydrogen (secondary N) is 1. The second kappa shape index (κ2) is 22.9. The first kappa shape index (κ1) is 53.1. The number of imide groups is 1. The minimum absolute atomic E-state index is 0.0114. The number of oxazole rings is 1. The number of likely N-dealkylation sites (tertiary alicyclic amines) is 1. The summed E-state index contributed by atoms with van der Waals surface area (Å²) >= 11 is 1.07. The number of allylic oxidation sites excluding steroid dienone is 2. The molecule has 1 unspecified atom stereocenters. The number of carbonyl (C=O) groups excluding carboxylic acids is 5. The fraction of sp³-hybridized carbons (Fsp3) is 0.380. The summed E-state index contributed by atoms with van der Waals surface area (Å²) in [6, 6.07) is 7.06. The third kappa shape index (κ3) is 11.3. The number of thioether (sulfide) groups is 1. The van der Waals surface area contributed by atoms with E-state index < -0.39 is 35.0 Å². The van der Waals surface area contributed by atoms with Crippen molar-refractivity contribution < 1.29 is 52.5 Å². The highest BCUT2D eigenvalue weighted by molar-refractivity contribution is 8.00. The zero-order valence-corrected chi connectivity index (χ0v) is 42.8. The molecule has 1 saturated heterocycles. The summed E-state index contributed by atoms with van der Waals surface area (Å²) in [4.78, 5) is 95.5. The molecule has 2 atom stereocenters. The monoisotopic (exact) mass is 1050 g/mol. The van der Waals surface area contributed by atoms with Crippen molar-refractivity contribution in [2.45, 2.75) is 84.3 Å². The van der Waals surface area contributed by atoms with Crippen molar-refractivity contribution >= 4 is 86.2 Å². The van der Waals surface area contributed by atoms with Crippen molar-refractivity contribution in [2.75, 3.05) is 44.5 Å². The van der Waals surface area contributed by atoms with Crippen molar-refractivity contribution in [1.82, 2.24) is 43.8 Å². The van der Waals surface area contributed by atoms with Gasteiger partial charge in [0.25, 0.3) is 5.91 Å². The highest BCUT2D eigenvalue weighted by atomic mass is 32.2. The molecule has 1 fully saturated rings. The number of carboxylic acid groups (broad SMARTS) is 1. The molecule has 394 valence electrons. The lowest BCUT2D eigenvalue weighted by Gasteiger charge is -2.15. The van der Waals surface area contributed by atoms with E-state index in [4.69, 9.17) is 55.9 Å². The number of benzene rings is 2. The number of nitrogens with zero attached hydrogens (tertiary/aromatic N) is 9. The van der Waals surface area contributed by atoms with E-state index >= 15 is 0 Å². The molecule has 1 aliphatic rings. The van der Waals surface area contributed by atoms with Crippen LogP contribution in [0.5, 0.6) is 11.5 Å². The summed E-state index contributed by atoms with van der Waals surface area (Å²) in [5, 5.41) is 17.1. The Balaban J connectivity index is 1.06. The number of aromatic nitrogens is 8. The van der Waals surface area contributed by atoms with Crippen LogP contribution >= 0.6 is 11.8 Å². The summed E-state index contributed by atoms with van der Waals surface area (Å²) in [6.07, 6.45) is 6.71. The maximum absolute atomic E-state index is 13.7. The molecule has 6 heterocycles. The van der Waals surface area contributed by atoms with Crippen LogP contribution in [-0.2, 0) is 45.2 Å². The van der Waals surface area contributed by atoms with Gasteiger partial charge in [-0.25, -0.2) is 19.9 Å². The highest BCUT2D eigenvalue weighted by Gasteiger charge is 2.39. The summed E-state index contributed by atoms with van der Waals surface area (Å²) in [5.74, 6) is -2.23. The normalized spacial score (nSPS) is 14.3. The molecule has 5 amide bonds. The van der Waals surface area contributed by atoms with Crippen LogP contribution < -0.4 is 32.0 Å². The number of nitrogens with two attached hydrogens (primary N) is 3. The Morgan fingerprint density at radius 2 is 1.64 bits per heavy atom. The third-order valence-electron chi connectivity index (χ3n) is 12.4. The minimum atomic E-state index is -1.18. The van der Waals surface area contributed by atoms with Crippen molar-refractivity contribution in [3.05, 3.63) is 82.8 Å². The van der Waals surface area contributed by atoms with E-state index in [-0.39, 0.29) is 86.3 Å². The van der Waals surface area contributed by atoms with Gasteiger partial charge in [-0.2, -0.15) is 5.10 Å². The van der Waals surface area contributed by atoms with Crippen LogP contribution in [0.4, 0.5) is 5.95 Å². The highest BCUT2D eigenvalue weighted by Crippen LogP contribution is 2.37. The van der Waals surface area contributed by atoms with Gasteiger partial charge < -0.3 is 50.1 Å². The molecule has 2 aromatic carbocycles. The maximum Gasteiger partial charge on any atom is 0.321 e. The number of amides is 5. The summed E-state index contributed by atoms with van der Waals surface area (Å²) in [7, 11) is 1.45. The molecule has 25 heteroatoms. The van der Waals surface area contributed by atoms with Gasteiger partial charge in [-0.15, -0.1) is 11.8 Å². The van der Waals surface area contributed by atoms with Crippen LogP contribution in [0, 0.1) is 13.8 Å². The van der Waals surface area contributed by atoms with Crippen LogP contribution in [0.3, 0.4) is 0 Å². The van der Waals surface area contributed by atoms with Gasteiger partial charge in [0, 0.05) is 93.0 Å². The van der Waals surface area contributed by atoms with E-state index in [1.807, 2.05) is 48.2 Å². The topological polar surface area (TPSA) is 336 Å². The van der Waals surface area contributed by atoms with Crippen molar-refractivity contribution in [3.63, 3.8) is 0 Å².